The van der Waals surface area contributed by atoms with E-state index < -0.39 is 11.8 Å². The van der Waals surface area contributed by atoms with Gasteiger partial charge in [-0.2, -0.15) is 0 Å². The van der Waals surface area contributed by atoms with Crippen LogP contribution in [-0.4, -0.2) is 16.1 Å². The number of benzene rings is 1. The van der Waals surface area contributed by atoms with Gasteiger partial charge in [0.2, 0.25) is 0 Å². The molecule has 0 radical (unpaired) electrons. The highest BCUT2D eigenvalue weighted by molar-refractivity contribution is 6.34. The van der Waals surface area contributed by atoms with E-state index in [-0.39, 0.29) is 16.1 Å². The number of aromatic carboxylic acids is 1. The van der Waals surface area contributed by atoms with Crippen LogP contribution in [-0.2, 0) is 0 Å². The maximum absolute atomic E-state index is 13.3. The molecule has 0 aliphatic carbocycles. The van der Waals surface area contributed by atoms with Crippen molar-refractivity contribution in [1.29, 1.82) is 0 Å². The Morgan fingerprint density at radius 1 is 1.50 bits per heavy atom. The number of aromatic amines is 1. The summed E-state index contributed by atoms with van der Waals surface area (Å²) < 4.78 is 13.3. The molecule has 0 amide bonds. The second kappa shape index (κ2) is 2.99. The number of H-pyrrole nitrogens is 1. The van der Waals surface area contributed by atoms with Crippen LogP contribution in [0.5, 0.6) is 0 Å². The van der Waals surface area contributed by atoms with Crippen LogP contribution in [0.2, 0.25) is 5.15 Å². The molecule has 2 rings (SSSR count). The van der Waals surface area contributed by atoms with Crippen molar-refractivity contribution in [3.8, 4) is 0 Å². The standard InChI is InChI=1S/C9H5ClFNO2/c10-8-7(9(13)14)6-4(11)2-1-3-5(6)12-8/h1-3,12H,(H,13,14). The summed E-state index contributed by atoms with van der Waals surface area (Å²) in [6.45, 7) is 0. The van der Waals surface area contributed by atoms with Gasteiger partial charge in [-0.05, 0) is 12.1 Å². The van der Waals surface area contributed by atoms with Crippen LogP contribution in [0.25, 0.3) is 10.9 Å². The van der Waals surface area contributed by atoms with Gasteiger partial charge in [-0.3, -0.25) is 0 Å². The van der Waals surface area contributed by atoms with Crippen LogP contribution in [0.1, 0.15) is 10.4 Å². The van der Waals surface area contributed by atoms with Crippen molar-refractivity contribution in [2.45, 2.75) is 0 Å². The minimum Gasteiger partial charge on any atom is -0.478 e. The SMILES string of the molecule is O=C(O)c1c(Cl)[nH]c2cccc(F)c12. The first-order chi connectivity index (χ1) is 6.61. The fourth-order valence-corrected chi connectivity index (χ4v) is 1.65. The Kier molecular flexibility index (Phi) is 1.93. The molecule has 0 saturated carbocycles. The van der Waals surface area contributed by atoms with E-state index in [1.807, 2.05) is 0 Å². The van der Waals surface area contributed by atoms with E-state index in [0.717, 1.165) is 0 Å². The Morgan fingerprint density at radius 2 is 2.21 bits per heavy atom. The van der Waals surface area contributed by atoms with Crippen LogP contribution in [0.3, 0.4) is 0 Å². The van der Waals surface area contributed by atoms with Gasteiger partial charge in [0.25, 0.3) is 0 Å². The van der Waals surface area contributed by atoms with Gasteiger partial charge in [0.1, 0.15) is 16.5 Å². The number of aromatic nitrogens is 1. The van der Waals surface area contributed by atoms with Crippen molar-refractivity contribution >= 4 is 28.5 Å². The van der Waals surface area contributed by atoms with Gasteiger partial charge < -0.3 is 10.1 Å². The summed E-state index contributed by atoms with van der Waals surface area (Å²) >= 11 is 5.63. The van der Waals surface area contributed by atoms with Crippen molar-refractivity contribution in [2.75, 3.05) is 0 Å². The van der Waals surface area contributed by atoms with E-state index in [1.165, 1.54) is 12.1 Å². The Labute approximate surface area is 83.1 Å². The Hall–Kier alpha value is -1.55. The first kappa shape index (κ1) is 9.02. The van der Waals surface area contributed by atoms with Gasteiger partial charge >= 0.3 is 5.97 Å². The van der Waals surface area contributed by atoms with Crippen molar-refractivity contribution in [3.05, 3.63) is 34.7 Å². The van der Waals surface area contributed by atoms with Crippen LogP contribution in [0.4, 0.5) is 4.39 Å². The molecule has 0 atom stereocenters. The largest absolute Gasteiger partial charge is 0.478 e. The average molecular weight is 214 g/mol. The molecule has 1 aromatic heterocycles. The highest BCUT2D eigenvalue weighted by Gasteiger charge is 2.18. The number of hydrogen-bond donors (Lipinski definition) is 2. The lowest BCUT2D eigenvalue weighted by Gasteiger charge is -1.93. The van der Waals surface area contributed by atoms with Gasteiger partial charge in [0, 0.05) is 0 Å². The lowest BCUT2D eigenvalue weighted by atomic mass is 10.1. The van der Waals surface area contributed by atoms with Gasteiger partial charge in [0.05, 0.1) is 10.9 Å². The van der Waals surface area contributed by atoms with Crippen molar-refractivity contribution in [1.82, 2.24) is 4.98 Å². The molecule has 1 heterocycles. The smallest absolute Gasteiger partial charge is 0.339 e. The maximum atomic E-state index is 13.3. The summed E-state index contributed by atoms with van der Waals surface area (Å²) in [4.78, 5) is 13.4. The third-order valence-electron chi connectivity index (χ3n) is 1.94. The first-order valence-electron chi connectivity index (χ1n) is 3.80. The Balaban J connectivity index is 2.93. The molecule has 0 spiro atoms. The van der Waals surface area contributed by atoms with E-state index in [0.29, 0.717) is 5.52 Å². The Bertz CT molecular complexity index is 521. The molecule has 2 N–H and O–H groups in total. The molecule has 14 heavy (non-hydrogen) atoms. The second-order valence-electron chi connectivity index (χ2n) is 2.78. The molecule has 0 aliphatic rings. The molecular formula is C9H5ClFNO2. The van der Waals surface area contributed by atoms with E-state index in [2.05, 4.69) is 4.98 Å². The highest BCUT2D eigenvalue weighted by atomic mass is 35.5. The van der Waals surface area contributed by atoms with Crippen molar-refractivity contribution in [2.24, 2.45) is 0 Å². The van der Waals surface area contributed by atoms with Gasteiger partial charge in [-0.1, -0.05) is 17.7 Å². The number of carbonyl (C=O) groups is 1. The number of carboxylic acid groups (broad SMARTS) is 1. The third-order valence-corrected chi connectivity index (χ3v) is 2.22. The molecular weight excluding hydrogens is 209 g/mol. The third kappa shape index (κ3) is 1.15. The molecule has 5 heteroatoms. The average Bonchev–Trinajstić information content (AvgIpc) is 2.42. The van der Waals surface area contributed by atoms with E-state index in [1.54, 1.807) is 6.07 Å². The first-order valence-corrected chi connectivity index (χ1v) is 4.18. The highest BCUT2D eigenvalue weighted by Crippen LogP contribution is 2.27. The van der Waals surface area contributed by atoms with Crippen molar-refractivity contribution < 1.29 is 14.3 Å². The van der Waals surface area contributed by atoms with E-state index >= 15 is 0 Å². The number of halogens is 2. The molecule has 0 unspecified atom stereocenters. The zero-order chi connectivity index (χ0) is 10.3. The molecule has 0 aliphatic heterocycles. The fourth-order valence-electron chi connectivity index (χ4n) is 1.37. The monoisotopic (exact) mass is 213 g/mol. The lowest BCUT2D eigenvalue weighted by Crippen LogP contribution is -1.96. The predicted molar refractivity (Wildman–Crippen MR) is 50.2 cm³/mol. The normalized spacial score (nSPS) is 10.7. The summed E-state index contributed by atoms with van der Waals surface area (Å²) in [5, 5.41) is 8.77. The van der Waals surface area contributed by atoms with Gasteiger partial charge in [-0.15, -0.1) is 0 Å². The summed E-state index contributed by atoms with van der Waals surface area (Å²) in [6.07, 6.45) is 0. The minimum absolute atomic E-state index is 0.0185. The van der Waals surface area contributed by atoms with Crippen LogP contribution in [0.15, 0.2) is 18.2 Å². The molecule has 0 saturated heterocycles. The minimum atomic E-state index is -1.24. The van der Waals surface area contributed by atoms with Crippen LogP contribution >= 0.6 is 11.6 Å². The number of rotatable bonds is 1. The number of carboxylic acids is 1. The van der Waals surface area contributed by atoms with Gasteiger partial charge in [0.15, 0.2) is 0 Å². The van der Waals surface area contributed by atoms with Gasteiger partial charge in [-0.25, -0.2) is 9.18 Å². The maximum Gasteiger partial charge on any atom is 0.339 e. The number of hydrogen-bond acceptors (Lipinski definition) is 1. The zero-order valence-electron chi connectivity index (χ0n) is 6.84. The van der Waals surface area contributed by atoms with Crippen molar-refractivity contribution in [3.63, 3.8) is 0 Å². The molecule has 0 fully saturated rings. The summed E-state index contributed by atoms with van der Waals surface area (Å²) in [6, 6.07) is 4.24. The molecule has 2 aromatic rings. The number of fused-ring (bicyclic) bond motifs is 1. The zero-order valence-corrected chi connectivity index (χ0v) is 7.60. The van der Waals surface area contributed by atoms with Crippen LogP contribution in [0, 0.1) is 5.82 Å². The van der Waals surface area contributed by atoms with Crippen LogP contribution < -0.4 is 0 Å². The molecule has 72 valence electrons. The molecule has 3 nitrogen and oxygen atoms in total. The second-order valence-corrected chi connectivity index (χ2v) is 3.16. The molecule has 1 aromatic carbocycles. The number of nitrogens with one attached hydrogen (secondary N) is 1. The topological polar surface area (TPSA) is 53.1 Å². The fraction of sp³-hybridized carbons (Fsp3) is 0. The lowest BCUT2D eigenvalue weighted by molar-refractivity contribution is 0.0699. The molecule has 0 bridgehead atoms. The summed E-state index contributed by atoms with van der Waals surface area (Å²) in [7, 11) is 0. The summed E-state index contributed by atoms with van der Waals surface area (Å²) in [5.41, 5.74) is 0.159. The van der Waals surface area contributed by atoms with E-state index in [9.17, 15) is 9.18 Å². The Morgan fingerprint density at radius 3 is 2.86 bits per heavy atom. The van der Waals surface area contributed by atoms with E-state index in [4.69, 9.17) is 16.7 Å². The quantitative estimate of drug-likeness (QED) is 0.765. The summed E-state index contributed by atoms with van der Waals surface area (Å²) in [5.74, 6) is -1.84. The predicted octanol–water partition coefficient (Wildman–Crippen LogP) is 2.66.